The second-order valence-electron chi connectivity index (χ2n) is 5.31. The Morgan fingerprint density at radius 2 is 2.00 bits per heavy atom. The zero-order valence-corrected chi connectivity index (χ0v) is 14.3. The number of halogens is 2. The molecule has 0 spiro atoms. The van der Waals surface area contributed by atoms with Crippen molar-refractivity contribution in [2.45, 2.75) is 24.4 Å². The van der Waals surface area contributed by atoms with Crippen molar-refractivity contribution in [3.05, 3.63) is 27.7 Å². The average molecular weight is 352 g/mol. The maximum Gasteiger partial charge on any atom is 0.244 e. The summed E-state index contributed by atoms with van der Waals surface area (Å²) < 4.78 is 27.2. The lowest BCUT2D eigenvalue weighted by molar-refractivity contribution is 0.170. The molecular formula is C13H19Cl2N3O2S. The van der Waals surface area contributed by atoms with Gasteiger partial charge in [0.2, 0.25) is 10.0 Å². The zero-order chi connectivity index (χ0) is 15.8. The molecule has 1 atom stereocenters. The first kappa shape index (κ1) is 17.0. The minimum absolute atomic E-state index is 0.0357. The Bertz CT molecular complexity index is 637. The van der Waals surface area contributed by atoms with Gasteiger partial charge in [-0.25, -0.2) is 8.42 Å². The van der Waals surface area contributed by atoms with Crippen LogP contribution in [0.2, 0.25) is 10.0 Å². The molecule has 2 N–H and O–H groups in total. The van der Waals surface area contributed by atoms with Gasteiger partial charge in [0.05, 0.1) is 5.02 Å². The van der Waals surface area contributed by atoms with E-state index in [1.54, 1.807) is 6.07 Å². The average Bonchev–Trinajstić information content (AvgIpc) is 2.40. The Kier molecular flexibility index (Phi) is 5.18. The van der Waals surface area contributed by atoms with E-state index in [1.807, 2.05) is 14.0 Å². The van der Waals surface area contributed by atoms with Gasteiger partial charge in [0, 0.05) is 37.2 Å². The van der Waals surface area contributed by atoms with Crippen molar-refractivity contribution in [2.75, 3.05) is 26.7 Å². The van der Waals surface area contributed by atoms with Gasteiger partial charge in [0.15, 0.2) is 0 Å². The predicted molar refractivity (Wildman–Crippen MR) is 85.2 cm³/mol. The van der Waals surface area contributed by atoms with Crippen molar-refractivity contribution in [1.29, 1.82) is 0 Å². The van der Waals surface area contributed by atoms with Crippen LogP contribution in [0, 0.1) is 0 Å². The summed E-state index contributed by atoms with van der Waals surface area (Å²) in [4.78, 5) is 2.13. The van der Waals surface area contributed by atoms with Crippen molar-refractivity contribution in [1.82, 2.24) is 9.21 Å². The summed E-state index contributed by atoms with van der Waals surface area (Å²) in [5.41, 5.74) is 6.13. The number of nitrogens with two attached hydrogens (primary N) is 1. The lowest BCUT2D eigenvalue weighted by atomic mass is 10.2. The van der Waals surface area contributed by atoms with Gasteiger partial charge in [0.25, 0.3) is 0 Å². The normalized spacial score (nSPS) is 21.7. The number of hydrogen-bond acceptors (Lipinski definition) is 4. The molecule has 21 heavy (non-hydrogen) atoms. The molecule has 1 fully saturated rings. The van der Waals surface area contributed by atoms with Crippen molar-refractivity contribution in [2.24, 2.45) is 5.73 Å². The smallest absolute Gasteiger partial charge is 0.244 e. The standard InChI is InChI=1S/C13H19Cl2N3O2S/c1-9-8-17(2)3-4-18(9)21(19,20)12-6-11(14)5-10(7-16)13(12)15/h5-6,9H,3-4,7-8,16H2,1-2H3. The number of likely N-dealkylation sites (N-methyl/N-ethyl adjacent to an activating group) is 1. The summed E-state index contributed by atoms with van der Waals surface area (Å²) in [6, 6.07) is 2.87. The van der Waals surface area contributed by atoms with Crippen LogP contribution in [0.15, 0.2) is 17.0 Å². The number of rotatable bonds is 3. The molecule has 0 saturated carbocycles. The Morgan fingerprint density at radius 3 is 2.57 bits per heavy atom. The molecule has 118 valence electrons. The topological polar surface area (TPSA) is 66.6 Å². The van der Waals surface area contributed by atoms with E-state index < -0.39 is 10.0 Å². The summed E-state index contributed by atoms with van der Waals surface area (Å²) in [5, 5.41) is 0.480. The van der Waals surface area contributed by atoms with Gasteiger partial charge in [-0.1, -0.05) is 23.2 Å². The summed E-state index contributed by atoms with van der Waals surface area (Å²) in [7, 11) is -1.71. The minimum Gasteiger partial charge on any atom is -0.326 e. The first-order valence-corrected chi connectivity index (χ1v) is 8.85. The molecule has 1 unspecified atom stereocenters. The summed E-state index contributed by atoms with van der Waals surface area (Å²) in [5.74, 6) is 0. The van der Waals surface area contributed by atoms with Crippen LogP contribution in [0.4, 0.5) is 0 Å². The van der Waals surface area contributed by atoms with E-state index >= 15 is 0 Å². The van der Waals surface area contributed by atoms with E-state index in [9.17, 15) is 8.42 Å². The molecule has 0 aliphatic carbocycles. The van der Waals surface area contributed by atoms with E-state index in [-0.39, 0.29) is 22.5 Å². The van der Waals surface area contributed by atoms with Crippen LogP contribution in [0.5, 0.6) is 0 Å². The molecule has 1 saturated heterocycles. The SMILES string of the molecule is CC1CN(C)CCN1S(=O)(=O)c1cc(Cl)cc(CN)c1Cl. The molecule has 1 aromatic rings. The highest BCUT2D eigenvalue weighted by Gasteiger charge is 2.34. The van der Waals surface area contributed by atoms with E-state index in [1.165, 1.54) is 10.4 Å². The maximum atomic E-state index is 12.9. The van der Waals surface area contributed by atoms with Crippen molar-refractivity contribution in [3.63, 3.8) is 0 Å². The van der Waals surface area contributed by atoms with Gasteiger partial charge in [-0.15, -0.1) is 0 Å². The van der Waals surface area contributed by atoms with Crippen molar-refractivity contribution >= 4 is 33.2 Å². The van der Waals surface area contributed by atoms with E-state index in [0.29, 0.717) is 30.2 Å². The van der Waals surface area contributed by atoms with Crippen LogP contribution < -0.4 is 5.73 Å². The number of benzene rings is 1. The Morgan fingerprint density at radius 1 is 1.33 bits per heavy atom. The third-order valence-corrected chi connectivity index (χ3v) is 6.47. The fourth-order valence-electron chi connectivity index (χ4n) is 2.56. The third-order valence-electron chi connectivity index (χ3n) is 3.66. The third kappa shape index (κ3) is 3.36. The first-order chi connectivity index (χ1) is 9.77. The first-order valence-electron chi connectivity index (χ1n) is 6.65. The number of hydrogen-bond donors (Lipinski definition) is 1. The van der Waals surface area contributed by atoms with E-state index in [2.05, 4.69) is 4.90 Å². The summed E-state index contributed by atoms with van der Waals surface area (Å²) >= 11 is 12.2. The molecule has 0 aromatic heterocycles. The van der Waals surface area contributed by atoms with Crippen LogP contribution >= 0.6 is 23.2 Å². The lowest BCUT2D eigenvalue weighted by Crippen LogP contribution is -2.52. The largest absolute Gasteiger partial charge is 0.326 e. The molecule has 0 bridgehead atoms. The van der Waals surface area contributed by atoms with Crippen LogP contribution in [0.25, 0.3) is 0 Å². The highest BCUT2D eigenvalue weighted by molar-refractivity contribution is 7.89. The van der Waals surface area contributed by atoms with Gasteiger partial charge in [-0.3, -0.25) is 0 Å². The number of nitrogens with zero attached hydrogens (tertiary/aromatic N) is 2. The molecule has 1 heterocycles. The lowest BCUT2D eigenvalue weighted by Gasteiger charge is -2.37. The van der Waals surface area contributed by atoms with E-state index in [4.69, 9.17) is 28.9 Å². The molecule has 1 aliphatic heterocycles. The highest BCUT2D eigenvalue weighted by atomic mass is 35.5. The van der Waals surface area contributed by atoms with Crippen LogP contribution in [-0.2, 0) is 16.6 Å². The molecule has 1 aliphatic rings. The van der Waals surface area contributed by atoms with Crippen molar-refractivity contribution in [3.8, 4) is 0 Å². The maximum absolute atomic E-state index is 12.9. The quantitative estimate of drug-likeness (QED) is 0.901. The Labute approximate surface area is 135 Å². The molecule has 0 amide bonds. The van der Waals surface area contributed by atoms with Gasteiger partial charge in [-0.2, -0.15) is 4.31 Å². The second kappa shape index (κ2) is 6.40. The highest BCUT2D eigenvalue weighted by Crippen LogP contribution is 2.32. The fraction of sp³-hybridized carbons (Fsp3) is 0.538. The zero-order valence-electron chi connectivity index (χ0n) is 12.0. The fourth-order valence-corrected chi connectivity index (χ4v) is 5.09. The molecule has 5 nitrogen and oxygen atoms in total. The van der Waals surface area contributed by atoms with Gasteiger partial charge < -0.3 is 10.6 Å². The Hall–Kier alpha value is -0.370. The van der Waals surface area contributed by atoms with Crippen molar-refractivity contribution < 1.29 is 8.42 Å². The summed E-state index contributed by atoms with van der Waals surface area (Å²) in [6.45, 7) is 3.82. The van der Waals surface area contributed by atoms with E-state index in [0.717, 1.165) is 0 Å². The Balaban J connectivity index is 2.47. The monoisotopic (exact) mass is 351 g/mol. The molecule has 8 heteroatoms. The molecule has 2 rings (SSSR count). The number of piperazine rings is 1. The van der Waals surface area contributed by atoms with Gasteiger partial charge >= 0.3 is 0 Å². The summed E-state index contributed by atoms with van der Waals surface area (Å²) in [6.07, 6.45) is 0. The number of sulfonamides is 1. The second-order valence-corrected chi connectivity index (χ2v) is 7.98. The van der Waals surface area contributed by atoms with Crippen LogP contribution in [0.1, 0.15) is 12.5 Å². The predicted octanol–water partition coefficient (Wildman–Crippen LogP) is 1.78. The molecule has 1 aromatic carbocycles. The van der Waals surface area contributed by atoms with Gasteiger partial charge in [0.1, 0.15) is 4.90 Å². The minimum atomic E-state index is -3.69. The van der Waals surface area contributed by atoms with Gasteiger partial charge in [-0.05, 0) is 31.7 Å². The molecular weight excluding hydrogens is 333 g/mol. The van der Waals surface area contributed by atoms with Crippen LogP contribution in [0.3, 0.4) is 0 Å². The molecule has 0 radical (unpaired) electrons. The van der Waals surface area contributed by atoms with Crippen LogP contribution in [-0.4, -0.2) is 50.3 Å².